The standard InChI is InChI=1S/C19H21FN4O.CH4O3S/c1-10-5-15(20)6-11(2)16(10)8-22-17-7-14(18(21)25)9-24-13(4)12(3)23-19(17)24;1-5(2,3)4/h5-7,9,22H,8H2,1-4H3,(H2,21,25);1H3,(H,2,3,4). The van der Waals surface area contributed by atoms with Crippen LogP contribution in [0.1, 0.15) is 38.4 Å². The summed E-state index contributed by atoms with van der Waals surface area (Å²) >= 11 is 0. The molecule has 1 amide bonds. The number of nitrogens with two attached hydrogens (primary N) is 1. The zero-order valence-electron chi connectivity index (χ0n) is 17.4. The molecule has 162 valence electrons. The SMILES string of the molecule is CS(=O)(=O)O.Cc1cc(F)cc(C)c1CNc1cc(C(N)=O)cn2c(C)c(C)nc12. The van der Waals surface area contributed by atoms with Crippen molar-refractivity contribution >= 4 is 27.4 Å². The number of amides is 1. The van der Waals surface area contributed by atoms with E-state index in [1.165, 1.54) is 12.1 Å². The minimum absolute atomic E-state index is 0.239. The van der Waals surface area contributed by atoms with Crippen LogP contribution in [0.25, 0.3) is 5.65 Å². The number of aryl methyl sites for hydroxylation is 4. The summed E-state index contributed by atoms with van der Waals surface area (Å²) in [7, 11) is -3.67. The summed E-state index contributed by atoms with van der Waals surface area (Å²) in [5.74, 6) is -0.735. The van der Waals surface area contributed by atoms with Crippen LogP contribution >= 0.6 is 0 Å². The number of nitrogens with one attached hydrogen (secondary N) is 1. The largest absolute Gasteiger partial charge is 0.378 e. The Labute approximate surface area is 174 Å². The molecule has 2 aromatic heterocycles. The van der Waals surface area contributed by atoms with Crippen LogP contribution in [0, 0.1) is 33.5 Å². The van der Waals surface area contributed by atoms with Crippen molar-refractivity contribution in [3.05, 3.63) is 63.9 Å². The molecule has 4 N–H and O–H groups in total. The Morgan fingerprint density at radius 3 is 2.23 bits per heavy atom. The first-order chi connectivity index (χ1) is 13.8. The molecule has 0 atom stereocenters. The molecule has 2 heterocycles. The Morgan fingerprint density at radius 2 is 1.73 bits per heavy atom. The lowest BCUT2D eigenvalue weighted by atomic mass is 10.0. The van der Waals surface area contributed by atoms with E-state index < -0.39 is 16.0 Å². The van der Waals surface area contributed by atoms with Crippen molar-refractivity contribution in [2.75, 3.05) is 11.6 Å². The molecule has 8 nitrogen and oxygen atoms in total. The van der Waals surface area contributed by atoms with E-state index in [0.717, 1.165) is 39.4 Å². The van der Waals surface area contributed by atoms with Gasteiger partial charge in [0.25, 0.3) is 10.1 Å². The fraction of sp³-hybridized carbons (Fsp3) is 0.300. The quantitative estimate of drug-likeness (QED) is 0.540. The predicted molar refractivity (Wildman–Crippen MR) is 114 cm³/mol. The zero-order valence-corrected chi connectivity index (χ0v) is 18.3. The molecule has 0 aliphatic rings. The van der Waals surface area contributed by atoms with Gasteiger partial charge >= 0.3 is 0 Å². The number of imidazole rings is 1. The van der Waals surface area contributed by atoms with E-state index in [1.54, 1.807) is 12.3 Å². The van der Waals surface area contributed by atoms with E-state index in [4.69, 9.17) is 10.3 Å². The van der Waals surface area contributed by atoms with Crippen LogP contribution in [0.3, 0.4) is 0 Å². The fourth-order valence-electron chi connectivity index (χ4n) is 3.04. The summed E-state index contributed by atoms with van der Waals surface area (Å²) in [4.78, 5) is 16.2. The molecule has 0 radical (unpaired) electrons. The van der Waals surface area contributed by atoms with E-state index >= 15 is 0 Å². The van der Waals surface area contributed by atoms with Crippen molar-refractivity contribution in [3.8, 4) is 0 Å². The normalized spacial score (nSPS) is 11.2. The van der Waals surface area contributed by atoms with Crippen molar-refractivity contribution in [2.24, 2.45) is 5.73 Å². The number of aromatic nitrogens is 2. The number of fused-ring (bicyclic) bond motifs is 1. The second-order valence-electron chi connectivity index (χ2n) is 7.09. The van der Waals surface area contributed by atoms with Gasteiger partial charge in [0.1, 0.15) is 5.82 Å². The fourth-order valence-corrected chi connectivity index (χ4v) is 3.04. The van der Waals surface area contributed by atoms with Gasteiger partial charge in [0.2, 0.25) is 5.91 Å². The Bertz CT molecular complexity index is 1190. The smallest absolute Gasteiger partial charge is 0.261 e. The summed E-state index contributed by atoms with van der Waals surface area (Å²) in [6.07, 6.45) is 2.42. The highest BCUT2D eigenvalue weighted by atomic mass is 32.2. The van der Waals surface area contributed by atoms with Crippen LogP contribution in [0.4, 0.5) is 10.1 Å². The summed E-state index contributed by atoms with van der Waals surface area (Å²) in [5, 5.41) is 3.33. The van der Waals surface area contributed by atoms with Gasteiger partial charge in [0.05, 0.1) is 23.2 Å². The van der Waals surface area contributed by atoms with Gasteiger partial charge in [-0.3, -0.25) is 9.35 Å². The van der Waals surface area contributed by atoms with Gasteiger partial charge in [0.15, 0.2) is 5.65 Å². The van der Waals surface area contributed by atoms with Crippen LogP contribution in [0.5, 0.6) is 0 Å². The number of hydrogen-bond donors (Lipinski definition) is 3. The zero-order chi connectivity index (χ0) is 22.8. The molecule has 10 heteroatoms. The number of primary amides is 1. The van der Waals surface area contributed by atoms with Crippen molar-refractivity contribution < 1.29 is 22.2 Å². The van der Waals surface area contributed by atoms with E-state index in [1.807, 2.05) is 32.1 Å². The molecule has 0 unspecified atom stereocenters. The molecule has 0 saturated carbocycles. The first kappa shape index (κ1) is 23.3. The average molecular weight is 437 g/mol. The maximum absolute atomic E-state index is 13.5. The van der Waals surface area contributed by atoms with Crippen molar-refractivity contribution in [2.45, 2.75) is 34.2 Å². The number of halogens is 1. The lowest BCUT2D eigenvalue weighted by Crippen LogP contribution is -2.13. The molecule has 1 aromatic carbocycles. The van der Waals surface area contributed by atoms with E-state index in [2.05, 4.69) is 10.3 Å². The molecule has 0 fully saturated rings. The minimum atomic E-state index is -3.67. The number of anilines is 1. The molecule has 0 spiro atoms. The van der Waals surface area contributed by atoms with E-state index in [-0.39, 0.29) is 5.82 Å². The van der Waals surface area contributed by atoms with Gasteiger partial charge in [0, 0.05) is 18.4 Å². The van der Waals surface area contributed by atoms with Crippen molar-refractivity contribution in [3.63, 3.8) is 0 Å². The first-order valence-electron chi connectivity index (χ1n) is 8.99. The molecule has 3 rings (SSSR count). The second kappa shape index (κ2) is 8.80. The van der Waals surface area contributed by atoms with Gasteiger partial charge in [-0.05, 0) is 62.6 Å². The van der Waals surface area contributed by atoms with Gasteiger partial charge < -0.3 is 15.5 Å². The summed E-state index contributed by atoms with van der Waals surface area (Å²) in [5.41, 5.74) is 11.9. The van der Waals surface area contributed by atoms with E-state index in [9.17, 15) is 17.6 Å². The van der Waals surface area contributed by atoms with Crippen LogP contribution in [-0.2, 0) is 16.7 Å². The second-order valence-corrected chi connectivity index (χ2v) is 8.55. The summed E-state index contributed by atoms with van der Waals surface area (Å²) in [6, 6.07) is 4.74. The van der Waals surface area contributed by atoms with Gasteiger partial charge in [-0.2, -0.15) is 8.42 Å². The highest BCUT2D eigenvalue weighted by Gasteiger charge is 2.14. The maximum atomic E-state index is 13.5. The van der Waals surface area contributed by atoms with E-state index in [0.29, 0.717) is 18.4 Å². The van der Waals surface area contributed by atoms with Crippen LogP contribution in [-0.4, -0.2) is 34.5 Å². The Hall–Kier alpha value is -2.98. The van der Waals surface area contributed by atoms with Crippen molar-refractivity contribution in [1.82, 2.24) is 9.38 Å². The van der Waals surface area contributed by atoms with Crippen LogP contribution in [0.2, 0.25) is 0 Å². The highest BCUT2D eigenvalue weighted by molar-refractivity contribution is 7.85. The summed E-state index contributed by atoms with van der Waals surface area (Å²) in [6.45, 7) is 8.13. The highest BCUT2D eigenvalue weighted by Crippen LogP contribution is 2.24. The predicted octanol–water partition coefficient (Wildman–Crippen LogP) is 2.92. The van der Waals surface area contributed by atoms with Gasteiger partial charge in [-0.1, -0.05) is 0 Å². The Balaban J connectivity index is 0.000000575. The number of rotatable bonds is 4. The molecule has 0 saturated heterocycles. The van der Waals surface area contributed by atoms with Crippen LogP contribution < -0.4 is 11.1 Å². The average Bonchev–Trinajstić information content (AvgIpc) is 2.87. The Kier molecular flexibility index (Phi) is 6.84. The summed E-state index contributed by atoms with van der Waals surface area (Å²) < 4.78 is 41.2. The number of pyridine rings is 1. The van der Waals surface area contributed by atoms with Gasteiger partial charge in [-0.15, -0.1) is 0 Å². The lowest BCUT2D eigenvalue weighted by molar-refractivity contribution is 0.1000. The number of carbonyl (C=O) groups excluding carboxylic acids is 1. The minimum Gasteiger partial charge on any atom is -0.378 e. The third kappa shape index (κ3) is 5.77. The number of carbonyl (C=O) groups is 1. The molecule has 0 aliphatic heterocycles. The molecular formula is C20H25FN4O4S. The maximum Gasteiger partial charge on any atom is 0.261 e. The molecule has 0 bridgehead atoms. The third-order valence-corrected chi connectivity index (χ3v) is 4.60. The molecule has 3 aromatic rings. The van der Waals surface area contributed by atoms with Crippen LogP contribution in [0.15, 0.2) is 24.4 Å². The lowest BCUT2D eigenvalue weighted by Gasteiger charge is -2.14. The first-order valence-corrected chi connectivity index (χ1v) is 10.8. The number of benzene rings is 1. The molecular weight excluding hydrogens is 411 g/mol. The monoisotopic (exact) mass is 436 g/mol. The molecule has 30 heavy (non-hydrogen) atoms. The Morgan fingerprint density at radius 1 is 1.20 bits per heavy atom. The third-order valence-electron chi connectivity index (χ3n) is 4.60. The number of nitrogens with zero attached hydrogens (tertiary/aromatic N) is 2. The molecule has 0 aliphatic carbocycles. The number of hydrogen-bond acceptors (Lipinski definition) is 5. The van der Waals surface area contributed by atoms with Crippen molar-refractivity contribution in [1.29, 1.82) is 0 Å². The van der Waals surface area contributed by atoms with Gasteiger partial charge in [-0.25, -0.2) is 9.37 Å². The topological polar surface area (TPSA) is 127 Å².